The Balaban J connectivity index is 1.53. The Morgan fingerprint density at radius 1 is 0.656 bits per heavy atom. The number of aryl methyl sites for hydroxylation is 1. The highest BCUT2D eigenvalue weighted by molar-refractivity contribution is 6.18. The summed E-state index contributed by atoms with van der Waals surface area (Å²) in [4.78, 5) is 12.4. The Labute approximate surface area is 195 Å². The number of carbonyl (C=O) groups excluding carboxylic acids is 1. The number of hydrogen-bond donors (Lipinski definition) is 0. The number of benzene rings is 2. The van der Waals surface area contributed by atoms with Gasteiger partial charge in [-0.1, -0.05) is 114 Å². The van der Waals surface area contributed by atoms with Crippen LogP contribution in [-0.4, -0.2) is 12.1 Å². The number of cyclic esters (lactones) is 1. The lowest BCUT2D eigenvalue weighted by Gasteiger charge is -2.07. The van der Waals surface area contributed by atoms with Gasteiger partial charge in [-0.2, -0.15) is 0 Å². The van der Waals surface area contributed by atoms with Crippen LogP contribution in [-0.2, 0) is 16.0 Å². The average molecular weight is 433 g/mol. The SMILES string of the molecule is CCCCCCCc1ccc(-c2ccc(C3=C[C@@H](CCCCCCC)OC3=O)cc2)cc1. The van der Waals surface area contributed by atoms with Gasteiger partial charge in [0.1, 0.15) is 6.10 Å². The van der Waals surface area contributed by atoms with Gasteiger partial charge in [0.05, 0.1) is 5.57 Å². The first-order chi connectivity index (χ1) is 15.7. The molecular formula is C30H40O2. The van der Waals surface area contributed by atoms with Crippen LogP contribution >= 0.6 is 0 Å². The second-order valence-corrected chi connectivity index (χ2v) is 9.17. The Hall–Kier alpha value is -2.35. The van der Waals surface area contributed by atoms with Gasteiger partial charge in [0.2, 0.25) is 0 Å². The van der Waals surface area contributed by atoms with E-state index in [2.05, 4.69) is 50.2 Å². The largest absolute Gasteiger partial charge is 0.454 e. The minimum atomic E-state index is -0.181. The fraction of sp³-hybridized carbons (Fsp3) is 0.500. The van der Waals surface area contributed by atoms with E-state index in [9.17, 15) is 4.79 Å². The van der Waals surface area contributed by atoms with Gasteiger partial charge in [0.15, 0.2) is 0 Å². The van der Waals surface area contributed by atoms with Gasteiger partial charge in [-0.25, -0.2) is 4.79 Å². The molecule has 32 heavy (non-hydrogen) atoms. The van der Waals surface area contributed by atoms with Gasteiger partial charge in [-0.15, -0.1) is 0 Å². The molecule has 0 aliphatic carbocycles. The molecule has 0 radical (unpaired) electrons. The molecule has 2 aromatic rings. The Bertz CT molecular complexity index is 845. The average Bonchev–Trinajstić information content (AvgIpc) is 3.19. The van der Waals surface area contributed by atoms with Crippen molar-refractivity contribution in [2.24, 2.45) is 0 Å². The second-order valence-electron chi connectivity index (χ2n) is 9.17. The third-order valence-electron chi connectivity index (χ3n) is 6.48. The topological polar surface area (TPSA) is 26.3 Å². The molecule has 2 heteroatoms. The number of ether oxygens (including phenoxy) is 1. The number of unbranched alkanes of at least 4 members (excludes halogenated alkanes) is 8. The molecule has 0 N–H and O–H groups in total. The van der Waals surface area contributed by atoms with Gasteiger partial charge < -0.3 is 4.74 Å². The van der Waals surface area contributed by atoms with E-state index in [1.165, 1.54) is 80.9 Å². The van der Waals surface area contributed by atoms with Crippen molar-refractivity contribution in [3.05, 3.63) is 65.7 Å². The predicted molar refractivity (Wildman–Crippen MR) is 136 cm³/mol. The smallest absolute Gasteiger partial charge is 0.339 e. The fourth-order valence-corrected chi connectivity index (χ4v) is 4.43. The van der Waals surface area contributed by atoms with Gasteiger partial charge >= 0.3 is 5.97 Å². The van der Waals surface area contributed by atoms with Crippen LogP contribution in [0.3, 0.4) is 0 Å². The fourth-order valence-electron chi connectivity index (χ4n) is 4.43. The standard InChI is InChI=1S/C30H40O2/c1-3-5-7-9-11-13-24-15-17-25(18-16-24)26-19-21-27(22-20-26)29-23-28(32-30(29)31)14-12-10-8-6-4-2/h15-23,28H,3-14H2,1-2H3/t28-/m1/s1. The highest BCUT2D eigenvalue weighted by Gasteiger charge is 2.26. The highest BCUT2D eigenvalue weighted by Crippen LogP contribution is 2.29. The molecule has 1 aliphatic rings. The molecule has 0 fully saturated rings. The maximum absolute atomic E-state index is 12.4. The van der Waals surface area contributed by atoms with Gasteiger partial charge in [0.25, 0.3) is 0 Å². The Kier molecular flexibility index (Phi) is 10.1. The van der Waals surface area contributed by atoms with Crippen molar-refractivity contribution in [3.8, 4) is 11.1 Å². The van der Waals surface area contributed by atoms with Crippen LogP contribution in [0.2, 0.25) is 0 Å². The van der Waals surface area contributed by atoms with E-state index in [0.29, 0.717) is 5.57 Å². The van der Waals surface area contributed by atoms with E-state index < -0.39 is 0 Å². The summed E-state index contributed by atoms with van der Waals surface area (Å²) in [7, 11) is 0. The summed E-state index contributed by atoms with van der Waals surface area (Å²) in [5.74, 6) is -0.181. The minimum Gasteiger partial charge on any atom is -0.454 e. The van der Waals surface area contributed by atoms with Crippen molar-refractivity contribution >= 4 is 11.5 Å². The number of hydrogen-bond acceptors (Lipinski definition) is 2. The molecule has 0 bridgehead atoms. The molecular weight excluding hydrogens is 392 g/mol. The summed E-state index contributed by atoms with van der Waals surface area (Å²) in [5, 5.41) is 0. The van der Waals surface area contributed by atoms with Crippen LogP contribution in [0.25, 0.3) is 16.7 Å². The third-order valence-corrected chi connectivity index (χ3v) is 6.48. The van der Waals surface area contributed by atoms with E-state index in [1.54, 1.807) is 0 Å². The van der Waals surface area contributed by atoms with Gasteiger partial charge in [0, 0.05) is 0 Å². The zero-order valence-electron chi connectivity index (χ0n) is 20.1. The molecule has 2 nitrogen and oxygen atoms in total. The van der Waals surface area contributed by atoms with E-state index in [-0.39, 0.29) is 12.1 Å². The van der Waals surface area contributed by atoms with E-state index in [1.807, 2.05) is 18.2 Å². The summed E-state index contributed by atoms with van der Waals surface area (Å²) < 4.78 is 5.59. The molecule has 0 saturated carbocycles. The van der Waals surface area contributed by atoms with Gasteiger partial charge in [-0.05, 0) is 54.0 Å². The quantitative estimate of drug-likeness (QED) is 0.221. The van der Waals surface area contributed by atoms with E-state index in [0.717, 1.165) is 18.4 Å². The number of esters is 1. The summed E-state index contributed by atoms with van der Waals surface area (Å²) in [6.45, 7) is 4.49. The minimum absolute atomic E-state index is 0.0617. The first kappa shape index (κ1) is 24.3. The summed E-state index contributed by atoms with van der Waals surface area (Å²) >= 11 is 0. The molecule has 1 atom stereocenters. The van der Waals surface area contributed by atoms with Crippen LogP contribution in [0.15, 0.2) is 54.6 Å². The normalized spacial score (nSPS) is 15.6. The van der Waals surface area contributed by atoms with Crippen LogP contribution in [0.5, 0.6) is 0 Å². The lowest BCUT2D eigenvalue weighted by molar-refractivity contribution is -0.137. The van der Waals surface area contributed by atoms with Crippen molar-refractivity contribution in [2.45, 2.75) is 97.0 Å². The highest BCUT2D eigenvalue weighted by atomic mass is 16.5. The molecule has 172 valence electrons. The summed E-state index contributed by atoms with van der Waals surface area (Å²) in [5.41, 5.74) is 5.49. The maximum atomic E-state index is 12.4. The van der Waals surface area contributed by atoms with Crippen molar-refractivity contribution in [2.75, 3.05) is 0 Å². The second kappa shape index (κ2) is 13.3. The van der Waals surface area contributed by atoms with Crippen LogP contribution < -0.4 is 0 Å². The maximum Gasteiger partial charge on any atom is 0.339 e. The summed E-state index contributed by atoms with van der Waals surface area (Å²) in [6.07, 6.45) is 16.8. The lowest BCUT2D eigenvalue weighted by atomic mass is 9.98. The van der Waals surface area contributed by atoms with Crippen molar-refractivity contribution < 1.29 is 9.53 Å². The zero-order valence-corrected chi connectivity index (χ0v) is 20.1. The molecule has 1 heterocycles. The third kappa shape index (κ3) is 7.36. The number of rotatable bonds is 14. The van der Waals surface area contributed by atoms with Crippen LogP contribution in [0.4, 0.5) is 0 Å². The van der Waals surface area contributed by atoms with Crippen molar-refractivity contribution in [1.82, 2.24) is 0 Å². The molecule has 2 aromatic carbocycles. The zero-order chi connectivity index (χ0) is 22.6. The molecule has 0 unspecified atom stereocenters. The molecule has 0 amide bonds. The molecule has 0 aromatic heterocycles. The van der Waals surface area contributed by atoms with E-state index >= 15 is 0 Å². The van der Waals surface area contributed by atoms with Crippen LogP contribution in [0, 0.1) is 0 Å². The predicted octanol–water partition coefficient (Wildman–Crippen LogP) is 8.54. The molecule has 0 saturated heterocycles. The van der Waals surface area contributed by atoms with Crippen molar-refractivity contribution in [1.29, 1.82) is 0 Å². The Morgan fingerprint density at radius 3 is 1.81 bits per heavy atom. The molecule has 3 rings (SSSR count). The van der Waals surface area contributed by atoms with Crippen molar-refractivity contribution in [3.63, 3.8) is 0 Å². The van der Waals surface area contributed by atoms with Crippen LogP contribution in [0.1, 0.15) is 95.6 Å². The monoisotopic (exact) mass is 432 g/mol. The van der Waals surface area contributed by atoms with Gasteiger partial charge in [-0.3, -0.25) is 0 Å². The lowest BCUT2D eigenvalue weighted by Crippen LogP contribution is -2.07. The summed E-state index contributed by atoms with van der Waals surface area (Å²) in [6, 6.07) is 17.3. The molecule has 0 spiro atoms. The van der Waals surface area contributed by atoms with E-state index in [4.69, 9.17) is 4.74 Å². The first-order valence-corrected chi connectivity index (χ1v) is 12.8. The first-order valence-electron chi connectivity index (χ1n) is 12.8. The Morgan fingerprint density at radius 2 is 1.19 bits per heavy atom. The number of carbonyl (C=O) groups is 1. The molecule has 1 aliphatic heterocycles.